The standard InChI is InChI=1S/C11H9N5O4S2/c12-9-6(4-14-16-9)10-15-7-2-1-5(3-8(7)21-10)22(18,19)20-11(13)17/h1-4H,(H2,13,17)(H3,12,14,16). The van der Waals surface area contributed by atoms with E-state index in [1.807, 2.05) is 0 Å². The molecule has 0 bridgehead atoms. The average molecular weight is 339 g/mol. The Labute approximate surface area is 128 Å². The number of primary amides is 1. The van der Waals surface area contributed by atoms with Crippen LogP contribution in [0.4, 0.5) is 10.6 Å². The number of hydrogen-bond donors (Lipinski definition) is 3. The molecule has 9 nitrogen and oxygen atoms in total. The molecule has 1 aromatic carbocycles. The molecule has 3 aromatic rings. The number of carbonyl (C=O) groups is 1. The zero-order chi connectivity index (χ0) is 15.9. The summed E-state index contributed by atoms with van der Waals surface area (Å²) in [5, 5.41) is 6.99. The quantitative estimate of drug-likeness (QED) is 0.602. The number of hydrogen-bond acceptors (Lipinski definition) is 8. The molecule has 0 fully saturated rings. The Morgan fingerprint density at radius 2 is 2.14 bits per heavy atom. The lowest BCUT2D eigenvalue weighted by Crippen LogP contribution is -2.18. The monoisotopic (exact) mass is 339 g/mol. The summed E-state index contributed by atoms with van der Waals surface area (Å²) >= 11 is 1.23. The van der Waals surface area contributed by atoms with Crippen molar-refractivity contribution < 1.29 is 17.4 Å². The molecule has 0 aliphatic heterocycles. The Morgan fingerprint density at radius 1 is 1.36 bits per heavy atom. The van der Waals surface area contributed by atoms with Gasteiger partial charge in [0.2, 0.25) is 0 Å². The van der Waals surface area contributed by atoms with Crippen LogP contribution in [-0.2, 0) is 14.3 Å². The lowest BCUT2D eigenvalue weighted by atomic mass is 10.3. The van der Waals surface area contributed by atoms with E-state index < -0.39 is 16.2 Å². The lowest BCUT2D eigenvalue weighted by molar-refractivity contribution is 0.212. The SMILES string of the molecule is NC(=O)OS(=O)(=O)c1ccc2nc(-c3cn[nH]c3N)sc2c1. The van der Waals surface area contributed by atoms with Crippen molar-refractivity contribution in [2.45, 2.75) is 4.90 Å². The number of nitrogens with zero attached hydrogens (tertiary/aromatic N) is 2. The highest BCUT2D eigenvalue weighted by atomic mass is 32.2. The van der Waals surface area contributed by atoms with Crippen LogP contribution in [0.1, 0.15) is 0 Å². The molecule has 2 heterocycles. The third kappa shape index (κ3) is 2.46. The number of rotatable bonds is 3. The molecule has 22 heavy (non-hydrogen) atoms. The number of H-pyrrole nitrogens is 1. The normalized spacial score (nSPS) is 11.6. The van der Waals surface area contributed by atoms with E-state index in [4.69, 9.17) is 11.5 Å². The maximum atomic E-state index is 11.8. The summed E-state index contributed by atoms with van der Waals surface area (Å²) in [5.41, 5.74) is 11.7. The van der Waals surface area contributed by atoms with Gasteiger partial charge in [0.25, 0.3) is 0 Å². The Bertz CT molecular complexity index is 975. The number of anilines is 1. The van der Waals surface area contributed by atoms with Crippen LogP contribution in [0.25, 0.3) is 20.8 Å². The number of benzene rings is 1. The minimum atomic E-state index is -4.24. The molecule has 0 unspecified atom stereocenters. The molecule has 2 aromatic heterocycles. The van der Waals surface area contributed by atoms with E-state index in [2.05, 4.69) is 19.4 Å². The number of nitrogen functional groups attached to an aromatic ring is 1. The van der Waals surface area contributed by atoms with E-state index in [0.29, 0.717) is 26.6 Å². The Hall–Kier alpha value is -2.66. The zero-order valence-corrected chi connectivity index (χ0v) is 12.4. The molecule has 0 atom stereocenters. The molecule has 1 amide bonds. The van der Waals surface area contributed by atoms with Crippen LogP contribution < -0.4 is 11.5 Å². The summed E-state index contributed by atoms with van der Waals surface area (Å²) in [4.78, 5) is 14.8. The van der Waals surface area contributed by atoms with Gasteiger partial charge in [-0.1, -0.05) is 0 Å². The van der Waals surface area contributed by atoms with Gasteiger partial charge in [0.15, 0.2) is 0 Å². The summed E-state index contributed by atoms with van der Waals surface area (Å²) in [6, 6.07) is 4.14. The molecule has 3 rings (SSSR count). The van der Waals surface area contributed by atoms with Crippen molar-refractivity contribution in [3.8, 4) is 10.6 Å². The Balaban J connectivity index is 2.08. The van der Waals surface area contributed by atoms with Gasteiger partial charge in [-0.15, -0.1) is 11.3 Å². The number of aromatic nitrogens is 3. The van der Waals surface area contributed by atoms with Gasteiger partial charge in [-0.05, 0) is 18.2 Å². The Kier molecular flexibility index (Phi) is 3.22. The summed E-state index contributed by atoms with van der Waals surface area (Å²) in [6.07, 6.45) is 0.136. The predicted molar refractivity (Wildman–Crippen MR) is 79.5 cm³/mol. The second kappa shape index (κ2) is 4.96. The second-order valence-electron chi connectivity index (χ2n) is 4.20. The Morgan fingerprint density at radius 3 is 2.77 bits per heavy atom. The van der Waals surface area contributed by atoms with Gasteiger partial charge >= 0.3 is 16.2 Å². The zero-order valence-electron chi connectivity index (χ0n) is 10.8. The predicted octanol–water partition coefficient (Wildman–Crippen LogP) is 1.05. The summed E-state index contributed by atoms with van der Waals surface area (Å²) < 4.78 is 28.3. The van der Waals surface area contributed by atoms with Crippen LogP contribution in [0.5, 0.6) is 0 Å². The third-order valence-corrected chi connectivity index (χ3v) is 5.01. The highest BCUT2D eigenvalue weighted by molar-refractivity contribution is 7.87. The number of amides is 1. The summed E-state index contributed by atoms with van der Waals surface area (Å²) in [6.45, 7) is 0. The van der Waals surface area contributed by atoms with Crippen molar-refractivity contribution in [2.24, 2.45) is 5.73 Å². The molecular formula is C11H9N5O4S2. The molecule has 0 aliphatic carbocycles. The third-order valence-electron chi connectivity index (χ3n) is 2.74. The fourth-order valence-electron chi connectivity index (χ4n) is 1.80. The molecule has 114 valence electrons. The van der Waals surface area contributed by atoms with E-state index in [-0.39, 0.29) is 4.90 Å². The number of thiazole rings is 1. The lowest BCUT2D eigenvalue weighted by Gasteiger charge is -2.02. The average Bonchev–Trinajstić information content (AvgIpc) is 3.01. The van der Waals surface area contributed by atoms with Crippen LogP contribution >= 0.6 is 11.3 Å². The van der Waals surface area contributed by atoms with Crippen LogP contribution in [0.15, 0.2) is 29.3 Å². The van der Waals surface area contributed by atoms with Crippen LogP contribution in [0, 0.1) is 0 Å². The summed E-state index contributed by atoms with van der Waals surface area (Å²) in [5.74, 6) is 0.365. The molecule has 0 spiro atoms. The summed E-state index contributed by atoms with van der Waals surface area (Å²) in [7, 11) is -4.24. The van der Waals surface area contributed by atoms with Crippen molar-refractivity contribution >= 4 is 43.6 Å². The van der Waals surface area contributed by atoms with Crippen molar-refractivity contribution in [3.05, 3.63) is 24.4 Å². The van der Waals surface area contributed by atoms with E-state index in [1.54, 1.807) is 0 Å². The largest absolute Gasteiger partial charge is 0.420 e. The van der Waals surface area contributed by atoms with Crippen LogP contribution in [-0.4, -0.2) is 29.7 Å². The van der Waals surface area contributed by atoms with Gasteiger partial charge in [-0.3, -0.25) is 5.10 Å². The van der Waals surface area contributed by atoms with Crippen LogP contribution in [0.3, 0.4) is 0 Å². The fraction of sp³-hybridized carbons (Fsp3) is 0. The number of carbonyl (C=O) groups excluding carboxylic acids is 1. The molecule has 0 saturated heterocycles. The van der Waals surface area contributed by atoms with Gasteiger partial charge in [-0.25, -0.2) is 9.78 Å². The number of fused-ring (bicyclic) bond motifs is 1. The van der Waals surface area contributed by atoms with E-state index in [9.17, 15) is 13.2 Å². The number of nitrogens with two attached hydrogens (primary N) is 2. The topological polar surface area (TPSA) is 154 Å². The highest BCUT2D eigenvalue weighted by Gasteiger charge is 2.20. The van der Waals surface area contributed by atoms with E-state index >= 15 is 0 Å². The van der Waals surface area contributed by atoms with Crippen molar-refractivity contribution in [3.63, 3.8) is 0 Å². The second-order valence-corrected chi connectivity index (χ2v) is 6.78. The number of aromatic amines is 1. The first kappa shape index (κ1) is 14.3. The smallest absolute Gasteiger partial charge is 0.383 e. The molecule has 0 saturated carbocycles. The first-order valence-corrected chi connectivity index (χ1v) is 8.03. The van der Waals surface area contributed by atoms with Crippen LogP contribution in [0.2, 0.25) is 0 Å². The van der Waals surface area contributed by atoms with E-state index in [1.165, 1.54) is 35.7 Å². The van der Waals surface area contributed by atoms with Crippen molar-refractivity contribution in [1.82, 2.24) is 15.2 Å². The molecule has 0 aliphatic rings. The van der Waals surface area contributed by atoms with Gasteiger partial charge in [-0.2, -0.15) is 13.5 Å². The maximum Gasteiger partial charge on any atom is 0.420 e. The highest BCUT2D eigenvalue weighted by Crippen LogP contribution is 2.33. The first-order valence-electron chi connectivity index (χ1n) is 5.80. The molecule has 5 N–H and O–H groups in total. The minimum absolute atomic E-state index is 0.186. The van der Waals surface area contributed by atoms with Crippen molar-refractivity contribution in [1.29, 1.82) is 0 Å². The van der Waals surface area contributed by atoms with Gasteiger partial charge in [0, 0.05) is 0 Å². The van der Waals surface area contributed by atoms with Gasteiger partial charge in [0.1, 0.15) is 15.7 Å². The molecule has 0 radical (unpaired) electrons. The maximum absolute atomic E-state index is 11.8. The van der Waals surface area contributed by atoms with E-state index in [0.717, 1.165) is 0 Å². The van der Waals surface area contributed by atoms with Crippen molar-refractivity contribution in [2.75, 3.05) is 5.73 Å². The molecular weight excluding hydrogens is 330 g/mol. The van der Waals surface area contributed by atoms with Gasteiger partial charge in [0.05, 0.1) is 22.0 Å². The molecule has 11 heteroatoms. The minimum Gasteiger partial charge on any atom is -0.383 e. The first-order chi connectivity index (χ1) is 10.4. The number of nitrogens with one attached hydrogen (secondary N) is 1. The fourth-order valence-corrected chi connectivity index (χ4v) is 3.71. The van der Waals surface area contributed by atoms with Gasteiger partial charge < -0.3 is 15.7 Å².